The molecule has 98 valence electrons. The third-order valence-electron chi connectivity index (χ3n) is 4.22. The predicted octanol–water partition coefficient (Wildman–Crippen LogP) is 5.07. The normalized spacial score (nSPS) is 28.3. The van der Waals surface area contributed by atoms with Crippen molar-refractivity contribution < 1.29 is 0 Å². The topological polar surface area (TPSA) is 28.7 Å². The van der Waals surface area contributed by atoms with E-state index in [1.807, 2.05) is 0 Å². The van der Waals surface area contributed by atoms with Crippen LogP contribution in [0.1, 0.15) is 68.8 Å². The zero-order valence-electron chi connectivity index (χ0n) is 10.7. The van der Waals surface area contributed by atoms with Crippen molar-refractivity contribution in [3.63, 3.8) is 0 Å². The summed E-state index contributed by atoms with van der Waals surface area (Å²) >= 11 is 8.99. The van der Waals surface area contributed by atoms with Crippen molar-refractivity contribution >= 4 is 28.1 Å². The molecule has 0 saturated heterocycles. The fourth-order valence-electron chi connectivity index (χ4n) is 3.02. The molecule has 1 N–H and O–H groups in total. The summed E-state index contributed by atoms with van der Waals surface area (Å²) in [5.74, 6) is 3.22. The molecule has 4 heteroatoms. The second kappa shape index (κ2) is 5.04. The van der Waals surface area contributed by atoms with E-state index in [4.69, 9.17) is 12.2 Å². The minimum atomic E-state index is 0.584. The lowest BCUT2D eigenvalue weighted by atomic mass is 9.82. The van der Waals surface area contributed by atoms with Crippen LogP contribution in [0.4, 0.5) is 0 Å². The summed E-state index contributed by atoms with van der Waals surface area (Å²) < 4.78 is 1.76. The largest absolute Gasteiger partial charge is 0.346 e. The van der Waals surface area contributed by atoms with Gasteiger partial charge in [0.2, 0.25) is 0 Å². The Morgan fingerprint density at radius 3 is 2.67 bits per heavy atom. The molecule has 0 aromatic carbocycles. The molecule has 0 bridgehead atoms. The fraction of sp³-hybridized carbons (Fsp3) is 0.714. The lowest BCUT2D eigenvalue weighted by Crippen LogP contribution is -2.15. The van der Waals surface area contributed by atoms with E-state index < -0.39 is 0 Å². The second-order valence-electron chi connectivity index (χ2n) is 5.90. The van der Waals surface area contributed by atoms with Crippen LogP contribution in [0.3, 0.4) is 0 Å². The third-order valence-corrected chi connectivity index (χ3v) is 5.58. The van der Waals surface area contributed by atoms with Gasteiger partial charge in [0, 0.05) is 17.5 Å². The number of nitrogens with one attached hydrogen (secondary N) is 1. The maximum Gasteiger partial charge on any atom is 0.144 e. The van der Waals surface area contributed by atoms with E-state index in [0.29, 0.717) is 11.8 Å². The van der Waals surface area contributed by atoms with Crippen LogP contribution in [0.2, 0.25) is 0 Å². The van der Waals surface area contributed by atoms with Gasteiger partial charge in [-0.3, -0.25) is 0 Å². The molecule has 0 spiro atoms. The van der Waals surface area contributed by atoms with Crippen LogP contribution >= 0.6 is 28.1 Å². The molecule has 0 amide bonds. The van der Waals surface area contributed by atoms with Crippen molar-refractivity contribution in [1.82, 2.24) is 9.97 Å². The molecule has 2 aliphatic carbocycles. The smallest absolute Gasteiger partial charge is 0.144 e. The van der Waals surface area contributed by atoms with Gasteiger partial charge in [-0.1, -0.05) is 32.0 Å². The van der Waals surface area contributed by atoms with Crippen LogP contribution in [-0.4, -0.2) is 9.97 Å². The van der Waals surface area contributed by atoms with E-state index in [0.717, 1.165) is 20.9 Å². The molecule has 1 aromatic heterocycles. The molecule has 2 fully saturated rings. The van der Waals surface area contributed by atoms with E-state index in [-0.39, 0.29) is 0 Å². The number of aromatic amines is 1. The first-order valence-electron chi connectivity index (χ1n) is 6.94. The first-order valence-corrected chi connectivity index (χ1v) is 8.15. The number of aromatic nitrogens is 2. The van der Waals surface area contributed by atoms with Gasteiger partial charge < -0.3 is 4.98 Å². The van der Waals surface area contributed by atoms with Crippen molar-refractivity contribution in [3.05, 3.63) is 20.6 Å². The van der Waals surface area contributed by atoms with Gasteiger partial charge in [-0.25, -0.2) is 4.98 Å². The van der Waals surface area contributed by atoms with E-state index in [1.54, 1.807) is 0 Å². The van der Waals surface area contributed by atoms with Crippen molar-refractivity contribution in [2.75, 3.05) is 0 Å². The summed E-state index contributed by atoms with van der Waals surface area (Å²) in [6, 6.07) is 0. The molecule has 2 atom stereocenters. The van der Waals surface area contributed by atoms with Gasteiger partial charge in [0.05, 0.1) is 4.47 Å². The summed E-state index contributed by atoms with van der Waals surface area (Å²) in [6.45, 7) is 2.35. The Hall–Kier alpha value is -0.220. The van der Waals surface area contributed by atoms with Gasteiger partial charge >= 0.3 is 0 Å². The summed E-state index contributed by atoms with van der Waals surface area (Å²) in [5, 5.41) is 0. The summed E-state index contributed by atoms with van der Waals surface area (Å²) in [6.07, 6.45) is 7.77. The SMILES string of the molecule is CC1CCCC(c2nc(=S)c(Br)c(C3CC3)[nH]2)C1. The standard InChI is InChI=1S/C14H19BrN2S/c1-8-3-2-4-10(7-8)13-16-12(9-5-6-9)11(15)14(18)17-13/h8-10H,2-7H2,1H3,(H,16,17,18). The molecule has 2 aliphatic rings. The first-order chi connectivity index (χ1) is 8.65. The first kappa shape index (κ1) is 12.8. The molecule has 1 heterocycles. The van der Waals surface area contributed by atoms with Crippen LogP contribution < -0.4 is 0 Å². The zero-order chi connectivity index (χ0) is 12.7. The number of hydrogen-bond donors (Lipinski definition) is 1. The quantitative estimate of drug-likeness (QED) is 0.768. The fourth-order valence-corrected chi connectivity index (χ4v) is 3.74. The Morgan fingerprint density at radius 2 is 2.00 bits per heavy atom. The molecule has 2 nitrogen and oxygen atoms in total. The summed E-state index contributed by atoms with van der Waals surface area (Å²) in [4.78, 5) is 8.20. The molecule has 3 rings (SSSR count). The molecule has 0 aliphatic heterocycles. The highest BCUT2D eigenvalue weighted by atomic mass is 79.9. The van der Waals surface area contributed by atoms with Gasteiger partial charge in [0.1, 0.15) is 10.5 Å². The average molecular weight is 327 g/mol. The second-order valence-corrected chi connectivity index (χ2v) is 7.08. The Bertz CT molecular complexity index is 507. The Kier molecular flexibility index (Phi) is 3.59. The van der Waals surface area contributed by atoms with Crippen LogP contribution in [0.5, 0.6) is 0 Å². The molecule has 1 aromatic rings. The maximum atomic E-state index is 5.40. The van der Waals surface area contributed by atoms with Crippen LogP contribution in [0.15, 0.2) is 4.47 Å². The van der Waals surface area contributed by atoms with E-state index >= 15 is 0 Å². The highest BCUT2D eigenvalue weighted by Crippen LogP contribution is 2.43. The Labute approximate surface area is 122 Å². The van der Waals surface area contributed by atoms with Crippen LogP contribution in [0.25, 0.3) is 0 Å². The number of nitrogens with zero attached hydrogens (tertiary/aromatic N) is 1. The van der Waals surface area contributed by atoms with E-state index in [9.17, 15) is 0 Å². The molecular weight excluding hydrogens is 308 g/mol. The average Bonchev–Trinajstić information content (AvgIpc) is 3.16. The van der Waals surface area contributed by atoms with Gasteiger partial charge in [0.15, 0.2) is 0 Å². The summed E-state index contributed by atoms with van der Waals surface area (Å²) in [5.41, 5.74) is 1.29. The highest BCUT2D eigenvalue weighted by molar-refractivity contribution is 9.10. The minimum absolute atomic E-state index is 0.584. The molecular formula is C14H19BrN2S. The maximum absolute atomic E-state index is 5.40. The number of halogens is 1. The van der Waals surface area contributed by atoms with Gasteiger partial charge in [-0.2, -0.15) is 0 Å². The van der Waals surface area contributed by atoms with Gasteiger partial charge in [-0.05, 0) is 47.5 Å². The molecule has 2 unspecified atom stereocenters. The Balaban J connectivity index is 1.94. The third kappa shape index (κ3) is 2.55. The number of hydrogen-bond acceptors (Lipinski definition) is 2. The van der Waals surface area contributed by atoms with Crippen LogP contribution in [0, 0.1) is 10.6 Å². The van der Waals surface area contributed by atoms with E-state index in [1.165, 1.54) is 44.2 Å². The van der Waals surface area contributed by atoms with Crippen molar-refractivity contribution in [2.24, 2.45) is 5.92 Å². The number of H-pyrrole nitrogens is 1. The van der Waals surface area contributed by atoms with Gasteiger partial charge in [0.25, 0.3) is 0 Å². The van der Waals surface area contributed by atoms with Crippen molar-refractivity contribution in [2.45, 2.75) is 57.3 Å². The van der Waals surface area contributed by atoms with Crippen molar-refractivity contribution in [3.8, 4) is 0 Å². The summed E-state index contributed by atoms with van der Waals surface area (Å²) in [7, 11) is 0. The van der Waals surface area contributed by atoms with E-state index in [2.05, 4.69) is 32.8 Å². The number of rotatable bonds is 2. The highest BCUT2D eigenvalue weighted by Gasteiger charge is 2.29. The lowest BCUT2D eigenvalue weighted by Gasteiger charge is -2.26. The molecule has 18 heavy (non-hydrogen) atoms. The Morgan fingerprint density at radius 1 is 1.22 bits per heavy atom. The van der Waals surface area contributed by atoms with Crippen LogP contribution in [-0.2, 0) is 0 Å². The monoisotopic (exact) mass is 326 g/mol. The minimum Gasteiger partial charge on any atom is -0.346 e. The lowest BCUT2D eigenvalue weighted by molar-refractivity contribution is 0.334. The predicted molar refractivity (Wildman–Crippen MR) is 79.5 cm³/mol. The van der Waals surface area contributed by atoms with Crippen molar-refractivity contribution in [1.29, 1.82) is 0 Å². The van der Waals surface area contributed by atoms with Gasteiger partial charge in [-0.15, -0.1) is 0 Å². The zero-order valence-corrected chi connectivity index (χ0v) is 13.1. The molecule has 0 radical (unpaired) electrons. The molecule has 2 saturated carbocycles.